The second kappa shape index (κ2) is 8.14. The Bertz CT molecular complexity index is 563. The third-order valence-corrected chi connectivity index (χ3v) is 10.4. The lowest BCUT2D eigenvalue weighted by Gasteiger charge is -2.59. The van der Waals surface area contributed by atoms with E-state index in [0.29, 0.717) is 16.9 Å². The molecule has 0 heterocycles. The van der Waals surface area contributed by atoms with Gasteiger partial charge in [-0.1, -0.05) is 54.4 Å². The van der Waals surface area contributed by atoms with Crippen LogP contribution in [-0.4, -0.2) is 6.04 Å². The first-order valence-corrected chi connectivity index (χ1v) is 13.3. The molecule has 0 saturated heterocycles. The molecule has 0 aromatic rings. The molecule has 2 N–H and O–H groups in total. The minimum absolute atomic E-state index is 0.487. The molecular weight excluding hydrogens is 350 g/mol. The van der Waals surface area contributed by atoms with Crippen LogP contribution >= 0.6 is 0 Å². The summed E-state index contributed by atoms with van der Waals surface area (Å²) in [7, 11) is 0. The van der Waals surface area contributed by atoms with E-state index in [0.717, 1.165) is 47.3 Å². The van der Waals surface area contributed by atoms with Crippen LogP contribution in [0, 0.1) is 58.2 Å². The van der Waals surface area contributed by atoms with Gasteiger partial charge in [0.25, 0.3) is 0 Å². The van der Waals surface area contributed by atoms with E-state index in [4.69, 9.17) is 5.73 Å². The second-order valence-electron chi connectivity index (χ2n) is 13.9. The van der Waals surface area contributed by atoms with Crippen LogP contribution in [-0.2, 0) is 0 Å². The van der Waals surface area contributed by atoms with Crippen LogP contribution < -0.4 is 5.73 Å². The van der Waals surface area contributed by atoms with Crippen LogP contribution in [0.3, 0.4) is 0 Å². The van der Waals surface area contributed by atoms with Gasteiger partial charge in [-0.3, -0.25) is 0 Å². The van der Waals surface area contributed by atoms with Gasteiger partial charge in [0.1, 0.15) is 0 Å². The molecule has 0 bridgehead atoms. The van der Waals surface area contributed by atoms with Crippen molar-refractivity contribution in [1.82, 2.24) is 0 Å². The lowest BCUT2D eigenvalue weighted by molar-refractivity contribution is -0.0940. The van der Waals surface area contributed by atoms with Crippen LogP contribution in [0.4, 0.5) is 0 Å². The van der Waals surface area contributed by atoms with Gasteiger partial charge in [0, 0.05) is 6.04 Å². The molecule has 0 radical (unpaired) electrons. The monoisotopic (exact) mass is 401 g/mol. The maximum Gasteiger partial charge on any atom is 0.00416 e. The summed E-state index contributed by atoms with van der Waals surface area (Å²) in [6, 6.07) is 0.487. The zero-order valence-corrected chi connectivity index (χ0v) is 20.6. The second-order valence-corrected chi connectivity index (χ2v) is 13.9. The van der Waals surface area contributed by atoms with Gasteiger partial charge in [-0.2, -0.15) is 0 Å². The first-order valence-electron chi connectivity index (χ1n) is 13.3. The van der Waals surface area contributed by atoms with Gasteiger partial charge < -0.3 is 5.73 Å². The average Bonchev–Trinajstić information content (AvgIpc) is 2.58. The molecule has 4 aliphatic rings. The summed E-state index contributed by atoms with van der Waals surface area (Å²) in [5.41, 5.74) is 7.45. The molecule has 8 unspecified atom stereocenters. The predicted molar refractivity (Wildman–Crippen MR) is 126 cm³/mol. The van der Waals surface area contributed by atoms with Crippen molar-refractivity contribution < 1.29 is 0 Å². The van der Waals surface area contributed by atoms with Gasteiger partial charge >= 0.3 is 0 Å². The number of hydrogen-bond acceptors (Lipinski definition) is 1. The van der Waals surface area contributed by atoms with Crippen LogP contribution in [0.25, 0.3) is 0 Å². The van der Waals surface area contributed by atoms with E-state index < -0.39 is 0 Å². The predicted octanol–water partition coefficient (Wildman–Crippen LogP) is 7.68. The van der Waals surface area contributed by atoms with Crippen LogP contribution in [0.5, 0.6) is 0 Å². The molecule has 4 rings (SSSR count). The van der Waals surface area contributed by atoms with Crippen LogP contribution in [0.2, 0.25) is 0 Å². The van der Waals surface area contributed by atoms with Crippen molar-refractivity contribution in [2.45, 2.75) is 118 Å². The van der Waals surface area contributed by atoms with Gasteiger partial charge in [0.2, 0.25) is 0 Å². The molecule has 29 heavy (non-hydrogen) atoms. The number of hydrogen-bond donors (Lipinski definition) is 1. The number of fused-ring (bicyclic) bond motifs is 5. The highest BCUT2D eigenvalue weighted by Gasteiger charge is 2.53. The van der Waals surface area contributed by atoms with Crippen molar-refractivity contribution in [3.05, 3.63) is 0 Å². The minimum atomic E-state index is 0.487. The Kier molecular flexibility index (Phi) is 6.22. The Hall–Kier alpha value is -0.0400. The third kappa shape index (κ3) is 4.47. The number of nitrogens with two attached hydrogens (primary N) is 1. The van der Waals surface area contributed by atoms with E-state index >= 15 is 0 Å². The van der Waals surface area contributed by atoms with E-state index in [1.165, 1.54) is 70.6 Å². The van der Waals surface area contributed by atoms with Crippen molar-refractivity contribution in [3.8, 4) is 0 Å². The summed E-state index contributed by atoms with van der Waals surface area (Å²) in [6.07, 6.45) is 15.8. The average molecular weight is 402 g/mol. The van der Waals surface area contributed by atoms with Crippen molar-refractivity contribution >= 4 is 0 Å². The first kappa shape index (κ1) is 22.2. The summed E-state index contributed by atoms with van der Waals surface area (Å²) < 4.78 is 0. The normalized spacial score (nSPS) is 50.0. The van der Waals surface area contributed by atoms with Crippen molar-refractivity contribution in [1.29, 1.82) is 0 Å². The zero-order valence-electron chi connectivity index (χ0n) is 20.6. The molecule has 1 nitrogen and oxygen atoms in total. The standard InChI is InChI=1S/C28H51N/c1-18-8-7-9-22-19(2)16-27(3,4)17-25-23-13-11-21(29)14-20(23)10-12-24(25)26(22)28(5,6)15-18/h18-26H,7-17,29H2,1-6H3/t18?,19?,20?,21-,22?,23?,24?,25?,26?/m1/s1. The summed E-state index contributed by atoms with van der Waals surface area (Å²) >= 11 is 0. The minimum Gasteiger partial charge on any atom is -0.328 e. The van der Waals surface area contributed by atoms with Gasteiger partial charge in [-0.25, -0.2) is 0 Å². The van der Waals surface area contributed by atoms with E-state index in [1.54, 1.807) is 0 Å². The van der Waals surface area contributed by atoms with E-state index in [1.807, 2.05) is 0 Å². The molecule has 9 atom stereocenters. The maximum atomic E-state index is 6.44. The molecule has 0 amide bonds. The Labute approximate surface area is 182 Å². The van der Waals surface area contributed by atoms with E-state index in [-0.39, 0.29) is 0 Å². The molecular formula is C28H51N. The highest BCUT2D eigenvalue weighted by molar-refractivity contribution is 5.03. The molecule has 4 fully saturated rings. The quantitative estimate of drug-likeness (QED) is 0.442. The number of rotatable bonds is 0. The molecule has 0 aromatic carbocycles. The molecule has 168 valence electrons. The topological polar surface area (TPSA) is 26.0 Å². The fraction of sp³-hybridized carbons (Fsp3) is 1.00. The zero-order chi connectivity index (χ0) is 21.0. The lowest BCUT2D eigenvalue weighted by Crippen LogP contribution is -2.52. The van der Waals surface area contributed by atoms with Crippen molar-refractivity contribution in [2.24, 2.45) is 63.9 Å². The molecule has 4 aliphatic carbocycles. The summed E-state index contributed by atoms with van der Waals surface area (Å²) in [6.45, 7) is 15.7. The van der Waals surface area contributed by atoms with Crippen molar-refractivity contribution in [2.75, 3.05) is 0 Å². The summed E-state index contributed by atoms with van der Waals surface area (Å²) in [5, 5.41) is 0. The molecule has 0 aliphatic heterocycles. The fourth-order valence-electron chi connectivity index (χ4n) is 9.78. The van der Waals surface area contributed by atoms with Gasteiger partial charge in [0.15, 0.2) is 0 Å². The highest BCUT2D eigenvalue weighted by atomic mass is 14.7. The van der Waals surface area contributed by atoms with Crippen LogP contribution in [0.15, 0.2) is 0 Å². The molecule has 0 aromatic heterocycles. The van der Waals surface area contributed by atoms with Crippen molar-refractivity contribution in [3.63, 3.8) is 0 Å². The Balaban J connectivity index is 1.72. The summed E-state index contributed by atoms with van der Waals surface area (Å²) in [5.74, 6) is 7.53. The smallest absolute Gasteiger partial charge is 0.00416 e. The Morgan fingerprint density at radius 1 is 0.690 bits per heavy atom. The van der Waals surface area contributed by atoms with Gasteiger partial charge in [-0.15, -0.1) is 0 Å². The van der Waals surface area contributed by atoms with E-state index in [9.17, 15) is 0 Å². The molecule has 1 heteroatoms. The SMILES string of the molecule is CC1CCCC2C(C)CC(C)(C)CC3C4CC[C@@H](N)CC4CCC3C2C(C)(C)C1. The van der Waals surface area contributed by atoms with E-state index in [2.05, 4.69) is 41.5 Å². The van der Waals surface area contributed by atoms with Gasteiger partial charge in [-0.05, 0) is 116 Å². The molecule has 0 spiro atoms. The Morgan fingerprint density at radius 2 is 1.41 bits per heavy atom. The summed E-state index contributed by atoms with van der Waals surface area (Å²) in [4.78, 5) is 0. The lowest BCUT2D eigenvalue weighted by atomic mass is 9.46. The molecule has 4 saturated carbocycles. The third-order valence-electron chi connectivity index (χ3n) is 10.4. The maximum absolute atomic E-state index is 6.44. The van der Waals surface area contributed by atoms with Crippen LogP contribution in [0.1, 0.15) is 112 Å². The first-order chi connectivity index (χ1) is 13.6. The Morgan fingerprint density at radius 3 is 2.17 bits per heavy atom. The highest BCUT2D eigenvalue weighted by Crippen LogP contribution is 2.61. The van der Waals surface area contributed by atoms with Gasteiger partial charge in [0.05, 0.1) is 0 Å². The largest absolute Gasteiger partial charge is 0.328 e. The fourth-order valence-corrected chi connectivity index (χ4v) is 9.78.